The minimum absolute atomic E-state index is 0.0681. The first-order valence-corrected chi connectivity index (χ1v) is 13.0. The third kappa shape index (κ3) is 8.34. The lowest BCUT2D eigenvalue weighted by Crippen LogP contribution is -2.50. The van der Waals surface area contributed by atoms with Crippen LogP contribution in [0.5, 0.6) is 5.75 Å². The first-order chi connectivity index (χ1) is 17.0. The van der Waals surface area contributed by atoms with Gasteiger partial charge in [0, 0.05) is 41.6 Å². The zero-order valence-corrected chi connectivity index (χ0v) is 21.6. The van der Waals surface area contributed by atoms with Crippen molar-refractivity contribution in [2.75, 3.05) is 19.4 Å². The number of nitrogens with one attached hydrogen (secondary N) is 1. The normalized spacial score (nSPS) is 11.5. The van der Waals surface area contributed by atoms with Gasteiger partial charge in [0.2, 0.25) is 11.8 Å². The van der Waals surface area contributed by atoms with E-state index in [-0.39, 0.29) is 11.8 Å². The van der Waals surface area contributed by atoms with Crippen LogP contribution < -0.4 is 10.1 Å². The van der Waals surface area contributed by atoms with E-state index >= 15 is 0 Å². The summed E-state index contributed by atoms with van der Waals surface area (Å²) in [5, 5.41) is 3.60. The highest BCUT2D eigenvalue weighted by Crippen LogP contribution is 2.23. The number of halogens is 1. The van der Waals surface area contributed by atoms with Crippen molar-refractivity contribution in [2.45, 2.75) is 37.2 Å². The molecule has 0 spiro atoms. The number of ether oxygens (including phenoxy) is 1. The maximum Gasteiger partial charge on any atom is 0.243 e. The summed E-state index contributed by atoms with van der Waals surface area (Å²) in [6.07, 6.45) is 0.745. The van der Waals surface area contributed by atoms with Gasteiger partial charge in [0.05, 0.1) is 7.11 Å². The van der Waals surface area contributed by atoms with Gasteiger partial charge in [-0.25, -0.2) is 0 Å². The molecular formula is C28H31ClN2O3S. The number of methoxy groups -OCH3 is 1. The number of thioether (sulfide) groups is 1. The Morgan fingerprint density at radius 1 is 1.00 bits per heavy atom. The molecule has 184 valence electrons. The molecule has 1 unspecified atom stereocenters. The second-order valence-corrected chi connectivity index (χ2v) is 9.63. The van der Waals surface area contributed by atoms with Gasteiger partial charge in [0.15, 0.2) is 0 Å². The topological polar surface area (TPSA) is 58.6 Å². The van der Waals surface area contributed by atoms with Crippen LogP contribution in [0, 0.1) is 0 Å². The number of rotatable bonds is 12. The summed E-state index contributed by atoms with van der Waals surface area (Å²) in [4.78, 5) is 29.5. The van der Waals surface area contributed by atoms with E-state index in [4.69, 9.17) is 16.3 Å². The van der Waals surface area contributed by atoms with E-state index in [1.165, 1.54) is 0 Å². The Morgan fingerprint density at radius 2 is 1.71 bits per heavy atom. The van der Waals surface area contributed by atoms with Crippen molar-refractivity contribution < 1.29 is 14.3 Å². The molecule has 0 aliphatic rings. The molecular weight excluding hydrogens is 480 g/mol. The van der Waals surface area contributed by atoms with Crippen LogP contribution >= 0.6 is 23.4 Å². The molecule has 0 bridgehead atoms. The van der Waals surface area contributed by atoms with Crippen molar-refractivity contribution in [3.05, 3.63) is 95.0 Å². The van der Waals surface area contributed by atoms with Crippen molar-refractivity contribution in [1.82, 2.24) is 10.2 Å². The van der Waals surface area contributed by atoms with Crippen LogP contribution in [0.1, 0.15) is 24.5 Å². The van der Waals surface area contributed by atoms with E-state index in [0.29, 0.717) is 42.5 Å². The number of nitrogens with zero attached hydrogens (tertiary/aromatic N) is 1. The standard InChI is InChI=1S/C28H31ClN2O3S/c1-3-30-28(33)26(19-21-8-5-4-6-9-21)31(20-22-10-7-11-24(18-22)34-2)27(32)16-17-35-25-14-12-23(29)13-15-25/h4-15,18,26H,3,16-17,19-20H2,1-2H3,(H,30,33). The lowest BCUT2D eigenvalue weighted by molar-refractivity contribution is -0.140. The molecule has 3 aromatic carbocycles. The third-order valence-corrected chi connectivity index (χ3v) is 6.77. The summed E-state index contributed by atoms with van der Waals surface area (Å²) >= 11 is 7.57. The molecule has 0 saturated heterocycles. The van der Waals surface area contributed by atoms with Crippen LogP contribution in [-0.2, 0) is 22.6 Å². The van der Waals surface area contributed by atoms with Crippen LogP contribution in [0.2, 0.25) is 5.02 Å². The van der Waals surface area contributed by atoms with Gasteiger partial charge in [0.1, 0.15) is 11.8 Å². The molecule has 1 atom stereocenters. The molecule has 0 aromatic heterocycles. The lowest BCUT2D eigenvalue weighted by atomic mass is 10.0. The van der Waals surface area contributed by atoms with Gasteiger partial charge in [-0.1, -0.05) is 54.1 Å². The minimum atomic E-state index is -0.628. The summed E-state index contributed by atoms with van der Waals surface area (Å²) in [5.74, 6) is 1.09. The van der Waals surface area contributed by atoms with Crippen molar-refractivity contribution in [3.63, 3.8) is 0 Å². The van der Waals surface area contributed by atoms with Crippen LogP contribution in [0.15, 0.2) is 83.8 Å². The Hall–Kier alpha value is -2.96. The first kappa shape index (κ1) is 26.6. The summed E-state index contributed by atoms with van der Waals surface area (Å²) in [5.41, 5.74) is 1.91. The van der Waals surface area contributed by atoms with Gasteiger partial charge in [-0.2, -0.15) is 0 Å². The summed E-state index contributed by atoms with van der Waals surface area (Å²) in [7, 11) is 1.61. The average molecular weight is 511 g/mol. The summed E-state index contributed by atoms with van der Waals surface area (Å²) in [6, 6.07) is 24.3. The molecule has 5 nitrogen and oxygen atoms in total. The molecule has 3 rings (SSSR count). The Bertz CT molecular complexity index is 1090. The Balaban J connectivity index is 1.83. The van der Waals surface area contributed by atoms with Gasteiger partial charge >= 0.3 is 0 Å². The van der Waals surface area contributed by atoms with E-state index in [0.717, 1.165) is 16.0 Å². The number of carbonyl (C=O) groups is 2. The Morgan fingerprint density at radius 3 is 2.40 bits per heavy atom. The Kier molecular flexibility index (Phi) is 10.5. The van der Waals surface area contributed by atoms with Gasteiger partial charge in [0.25, 0.3) is 0 Å². The van der Waals surface area contributed by atoms with Crippen molar-refractivity contribution in [3.8, 4) is 5.75 Å². The second kappa shape index (κ2) is 13.8. The number of hydrogen-bond acceptors (Lipinski definition) is 4. The maximum atomic E-state index is 13.6. The molecule has 0 heterocycles. The zero-order chi connectivity index (χ0) is 25.0. The maximum absolute atomic E-state index is 13.6. The SMILES string of the molecule is CCNC(=O)C(Cc1ccccc1)N(Cc1cccc(OC)c1)C(=O)CCSc1ccc(Cl)cc1. The van der Waals surface area contributed by atoms with E-state index < -0.39 is 6.04 Å². The van der Waals surface area contributed by atoms with Gasteiger partial charge in [-0.05, 0) is 54.4 Å². The average Bonchev–Trinajstić information content (AvgIpc) is 2.88. The Labute approximate surface area is 216 Å². The van der Waals surface area contributed by atoms with E-state index in [2.05, 4.69) is 5.32 Å². The number of likely N-dealkylation sites (N-methyl/N-ethyl adjacent to an activating group) is 1. The minimum Gasteiger partial charge on any atom is -0.497 e. The fourth-order valence-corrected chi connectivity index (χ4v) is 4.71. The van der Waals surface area contributed by atoms with Crippen molar-refractivity contribution in [1.29, 1.82) is 0 Å². The lowest BCUT2D eigenvalue weighted by Gasteiger charge is -2.31. The van der Waals surface area contributed by atoms with E-state index in [9.17, 15) is 9.59 Å². The van der Waals surface area contributed by atoms with Crippen LogP contribution in [0.25, 0.3) is 0 Å². The molecule has 7 heteroatoms. The highest BCUT2D eigenvalue weighted by Gasteiger charge is 2.30. The van der Waals surface area contributed by atoms with Crippen molar-refractivity contribution in [2.24, 2.45) is 0 Å². The molecule has 35 heavy (non-hydrogen) atoms. The molecule has 0 aliphatic heterocycles. The first-order valence-electron chi connectivity index (χ1n) is 11.6. The number of carbonyl (C=O) groups excluding carboxylic acids is 2. The fraction of sp³-hybridized carbons (Fsp3) is 0.286. The molecule has 3 aromatic rings. The smallest absolute Gasteiger partial charge is 0.243 e. The number of hydrogen-bond donors (Lipinski definition) is 1. The predicted molar refractivity (Wildman–Crippen MR) is 143 cm³/mol. The van der Waals surface area contributed by atoms with E-state index in [1.807, 2.05) is 85.8 Å². The molecule has 1 N–H and O–H groups in total. The molecule has 0 saturated carbocycles. The highest BCUT2D eigenvalue weighted by molar-refractivity contribution is 7.99. The second-order valence-electron chi connectivity index (χ2n) is 8.03. The van der Waals surface area contributed by atoms with Crippen LogP contribution in [0.4, 0.5) is 0 Å². The summed E-state index contributed by atoms with van der Waals surface area (Å²) < 4.78 is 5.37. The van der Waals surface area contributed by atoms with Gasteiger partial charge < -0.3 is 15.0 Å². The van der Waals surface area contributed by atoms with Crippen LogP contribution in [0.3, 0.4) is 0 Å². The quantitative estimate of drug-likeness (QED) is 0.322. The monoisotopic (exact) mass is 510 g/mol. The third-order valence-electron chi connectivity index (χ3n) is 5.51. The largest absolute Gasteiger partial charge is 0.497 e. The fourth-order valence-electron chi connectivity index (χ4n) is 3.74. The summed E-state index contributed by atoms with van der Waals surface area (Å²) in [6.45, 7) is 2.70. The van der Waals surface area contributed by atoms with Crippen molar-refractivity contribution >= 4 is 35.2 Å². The number of amides is 2. The number of benzene rings is 3. The van der Waals surface area contributed by atoms with Gasteiger partial charge in [-0.3, -0.25) is 9.59 Å². The van der Waals surface area contributed by atoms with E-state index in [1.54, 1.807) is 23.8 Å². The molecule has 0 aliphatic carbocycles. The molecule has 2 amide bonds. The van der Waals surface area contributed by atoms with Crippen LogP contribution in [-0.4, -0.2) is 42.2 Å². The highest BCUT2D eigenvalue weighted by atomic mass is 35.5. The molecule has 0 fully saturated rings. The molecule has 0 radical (unpaired) electrons. The zero-order valence-electron chi connectivity index (χ0n) is 20.1. The predicted octanol–water partition coefficient (Wildman–Crippen LogP) is 5.61. The van der Waals surface area contributed by atoms with Gasteiger partial charge in [-0.15, -0.1) is 11.8 Å².